The minimum atomic E-state index is 0.264. The van der Waals surface area contributed by atoms with Crippen LogP contribution in [0.15, 0.2) is 18.2 Å². The molecule has 0 aliphatic carbocycles. The van der Waals surface area contributed by atoms with Crippen LogP contribution in [-0.4, -0.2) is 18.8 Å². The Morgan fingerprint density at radius 2 is 2.33 bits per heavy atom. The first-order valence-electron chi connectivity index (χ1n) is 5.00. The largest absolute Gasteiger partial charge is 0.378 e. The van der Waals surface area contributed by atoms with E-state index in [9.17, 15) is 0 Å². The van der Waals surface area contributed by atoms with E-state index in [1.807, 2.05) is 12.1 Å². The lowest BCUT2D eigenvalue weighted by molar-refractivity contribution is 0.121. The van der Waals surface area contributed by atoms with Crippen molar-refractivity contribution >= 4 is 39.9 Å². The predicted molar refractivity (Wildman–Crippen MR) is 71.6 cm³/mol. The van der Waals surface area contributed by atoms with E-state index in [-0.39, 0.29) is 6.10 Å². The monoisotopic (exact) mass is 337 g/mol. The molecule has 2 rings (SSSR count). The number of halogens is 2. The van der Waals surface area contributed by atoms with Crippen LogP contribution in [0.1, 0.15) is 13.3 Å². The van der Waals surface area contributed by atoms with Gasteiger partial charge in [0.15, 0.2) is 0 Å². The lowest BCUT2D eigenvalue weighted by Gasteiger charge is -2.18. The summed E-state index contributed by atoms with van der Waals surface area (Å²) in [4.78, 5) is 0. The fourth-order valence-corrected chi connectivity index (χ4v) is 2.64. The number of hydrogen-bond donors (Lipinski definition) is 1. The highest BCUT2D eigenvalue weighted by atomic mass is 127. The molecule has 1 aliphatic heterocycles. The van der Waals surface area contributed by atoms with E-state index < -0.39 is 0 Å². The van der Waals surface area contributed by atoms with E-state index in [1.54, 1.807) is 0 Å². The van der Waals surface area contributed by atoms with Crippen molar-refractivity contribution in [3.8, 4) is 0 Å². The quantitative estimate of drug-likeness (QED) is 0.834. The maximum Gasteiger partial charge on any atom is 0.0748 e. The van der Waals surface area contributed by atoms with Gasteiger partial charge in [-0.05, 0) is 54.1 Å². The zero-order valence-electron chi connectivity index (χ0n) is 8.47. The summed E-state index contributed by atoms with van der Waals surface area (Å²) >= 11 is 8.40. The average Bonchev–Trinajstić information content (AvgIpc) is 2.57. The van der Waals surface area contributed by atoms with Crippen molar-refractivity contribution in [1.29, 1.82) is 0 Å². The van der Waals surface area contributed by atoms with Crippen LogP contribution < -0.4 is 5.32 Å². The molecule has 82 valence electrons. The number of benzene rings is 1. The molecule has 0 radical (unpaired) electrons. The molecule has 0 amide bonds. The van der Waals surface area contributed by atoms with Crippen LogP contribution in [-0.2, 0) is 4.74 Å². The van der Waals surface area contributed by atoms with E-state index >= 15 is 0 Å². The molecule has 0 spiro atoms. The van der Waals surface area contributed by atoms with Gasteiger partial charge in [-0.3, -0.25) is 0 Å². The molecule has 0 aromatic heterocycles. The van der Waals surface area contributed by atoms with Gasteiger partial charge >= 0.3 is 0 Å². The van der Waals surface area contributed by atoms with E-state index in [2.05, 4.69) is 40.9 Å². The van der Waals surface area contributed by atoms with Crippen molar-refractivity contribution in [1.82, 2.24) is 0 Å². The molecule has 1 heterocycles. The van der Waals surface area contributed by atoms with Crippen LogP contribution in [0.5, 0.6) is 0 Å². The molecular weight excluding hydrogens is 324 g/mol. The van der Waals surface area contributed by atoms with Crippen molar-refractivity contribution in [2.45, 2.75) is 25.5 Å². The summed E-state index contributed by atoms with van der Waals surface area (Å²) in [5.74, 6) is 0. The van der Waals surface area contributed by atoms with E-state index in [0.717, 1.165) is 27.3 Å². The molecule has 4 heteroatoms. The second-order valence-electron chi connectivity index (χ2n) is 3.74. The number of hydrogen-bond acceptors (Lipinski definition) is 2. The van der Waals surface area contributed by atoms with Crippen molar-refractivity contribution in [2.24, 2.45) is 0 Å². The van der Waals surface area contributed by atoms with Crippen molar-refractivity contribution < 1.29 is 4.74 Å². The van der Waals surface area contributed by atoms with Crippen molar-refractivity contribution in [3.63, 3.8) is 0 Å². The predicted octanol–water partition coefficient (Wildman–Crippen LogP) is 3.53. The Bertz CT molecular complexity index is 358. The molecule has 1 fully saturated rings. The number of nitrogens with one attached hydrogen (secondary N) is 1. The molecule has 1 saturated heterocycles. The summed E-state index contributed by atoms with van der Waals surface area (Å²) in [6.07, 6.45) is 1.31. The molecule has 2 atom stereocenters. The highest BCUT2D eigenvalue weighted by Crippen LogP contribution is 2.27. The molecule has 1 aliphatic rings. The van der Waals surface area contributed by atoms with Crippen molar-refractivity contribution in [3.05, 3.63) is 26.8 Å². The third-order valence-electron chi connectivity index (χ3n) is 2.65. The maximum atomic E-state index is 6.15. The first kappa shape index (κ1) is 11.5. The van der Waals surface area contributed by atoms with Gasteiger partial charge in [0.1, 0.15) is 0 Å². The Balaban J connectivity index is 2.10. The van der Waals surface area contributed by atoms with Crippen LogP contribution in [0.4, 0.5) is 5.69 Å². The van der Waals surface area contributed by atoms with Crippen LogP contribution in [0.2, 0.25) is 5.02 Å². The second-order valence-corrected chi connectivity index (χ2v) is 5.39. The highest BCUT2D eigenvalue weighted by Gasteiger charge is 2.24. The van der Waals surface area contributed by atoms with Gasteiger partial charge in [0.2, 0.25) is 0 Å². The first-order valence-corrected chi connectivity index (χ1v) is 6.45. The van der Waals surface area contributed by atoms with E-state index in [0.29, 0.717) is 6.04 Å². The van der Waals surface area contributed by atoms with Gasteiger partial charge in [-0.15, -0.1) is 0 Å². The molecule has 15 heavy (non-hydrogen) atoms. The first-order chi connectivity index (χ1) is 7.16. The van der Waals surface area contributed by atoms with Crippen molar-refractivity contribution in [2.75, 3.05) is 11.9 Å². The van der Waals surface area contributed by atoms with Crippen LogP contribution in [0.25, 0.3) is 0 Å². The van der Waals surface area contributed by atoms with Crippen LogP contribution in [0.3, 0.4) is 0 Å². The van der Waals surface area contributed by atoms with E-state index in [4.69, 9.17) is 16.3 Å². The Kier molecular flexibility index (Phi) is 3.74. The van der Waals surface area contributed by atoms with Gasteiger partial charge in [0.25, 0.3) is 0 Å². The second kappa shape index (κ2) is 4.89. The number of anilines is 1. The summed E-state index contributed by atoms with van der Waals surface area (Å²) in [6.45, 7) is 2.92. The summed E-state index contributed by atoms with van der Waals surface area (Å²) in [6, 6.07) is 6.41. The summed E-state index contributed by atoms with van der Waals surface area (Å²) < 4.78 is 6.65. The third-order valence-corrected chi connectivity index (χ3v) is 3.63. The Morgan fingerprint density at radius 1 is 1.53 bits per heavy atom. The van der Waals surface area contributed by atoms with Gasteiger partial charge in [0, 0.05) is 10.2 Å². The highest BCUT2D eigenvalue weighted by molar-refractivity contribution is 14.1. The minimum Gasteiger partial charge on any atom is -0.378 e. The van der Waals surface area contributed by atoms with Gasteiger partial charge in [0.05, 0.1) is 22.9 Å². The topological polar surface area (TPSA) is 21.3 Å². The third kappa shape index (κ3) is 2.77. The van der Waals surface area contributed by atoms with E-state index in [1.165, 1.54) is 0 Å². The lowest BCUT2D eigenvalue weighted by atomic mass is 10.1. The fraction of sp³-hybridized carbons (Fsp3) is 0.455. The molecule has 0 bridgehead atoms. The maximum absolute atomic E-state index is 6.15. The summed E-state index contributed by atoms with van der Waals surface area (Å²) in [5.41, 5.74) is 0.999. The number of rotatable bonds is 2. The van der Waals surface area contributed by atoms with Gasteiger partial charge < -0.3 is 10.1 Å². The molecule has 0 saturated carbocycles. The summed E-state index contributed by atoms with van der Waals surface area (Å²) in [7, 11) is 0. The number of ether oxygens (including phenoxy) is 1. The molecule has 2 nitrogen and oxygen atoms in total. The van der Waals surface area contributed by atoms with Gasteiger partial charge in [-0.25, -0.2) is 0 Å². The SMILES string of the molecule is CC1OCCC1Nc1ccc(I)cc1Cl. The smallest absolute Gasteiger partial charge is 0.0748 e. The zero-order chi connectivity index (χ0) is 10.8. The normalized spacial score (nSPS) is 25.5. The lowest BCUT2D eigenvalue weighted by Crippen LogP contribution is -2.26. The molecule has 1 aromatic carbocycles. The van der Waals surface area contributed by atoms with Gasteiger partial charge in [-0.2, -0.15) is 0 Å². The zero-order valence-corrected chi connectivity index (χ0v) is 11.4. The molecule has 1 N–H and O–H groups in total. The van der Waals surface area contributed by atoms with Gasteiger partial charge in [-0.1, -0.05) is 11.6 Å². The Morgan fingerprint density at radius 3 is 2.93 bits per heavy atom. The Labute approximate surface area is 108 Å². The fourth-order valence-electron chi connectivity index (χ4n) is 1.73. The molecule has 2 unspecified atom stereocenters. The average molecular weight is 338 g/mol. The standard InChI is InChI=1S/C11H13ClINO/c1-7-10(4-5-15-7)14-11-3-2-8(13)6-9(11)12/h2-3,6-7,10,14H,4-5H2,1H3. The minimum absolute atomic E-state index is 0.264. The van der Waals surface area contributed by atoms with Crippen LogP contribution >= 0.6 is 34.2 Å². The summed E-state index contributed by atoms with van der Waals surface area (Å²) in [5, 5.41) is 4.20. The Hall–Kier alpha value is -0.0000000000000000555. The molecular formula is C11H13ClINO. The molecule has 1 aromatic rings. The van der Waals surface area contributed by atoms with Crippen LogP contribution in [0, 0.1) is 3.57 Å².